The van der Waals surface area contributed by atoms with Crippen molar-refractivity contribution in [2.24, 2.45) is 0 Å². The van der Waals surface area contributed by atoms with Crippen LogP contribution in [-0.4, -0.2) is 14.7 Å². The van der Waals surface area contributed by atoms with Crippen molar-refractivity contribution in [2.75, 3.05) is 0 Å². The summed E-state index contributed by atoms with van der Waals surface area (Å²) in [6, 6.07) is 57.0. The highest BCUT2D eigenvalue weighted by Crippen LogP contribution is 2.46. The van der Waals surface area contributed by atoms with Crippen LogP contribution in [0.2, 0.25) is 0 Å². The van der Waals surface area contributed by atoms with Crippen molar-refractivity contribution >= 4 is 43.4 Å². The third-order valence-electron chi connectivity index (χ3n) is 9.03. The van der Waals surface area contributed by atoms with Crippen molar-refractivity contribution < 1.29 is 5.11 Å². The van der Waals surface area contributed by atoms with Crippen LogP contribution in [0.3, 0.4) is 0 Å². The summed E-state index contributed by atoms with van der Waals surface area (Å²) < 4.78 is 2.29. The number of phenolic OH excluding ortho intramolecular Hbond substituents is 1. The zero-order valence-corrected chi connectivity index (χ0v) is 24.9. The summed E-state index contributed by atoms with van der Waals surface area (Å²) in [6.07, 6.45) is 0. The number of fused-ring (bicyclic) bond motifs is 4. The molecular formula is C43H28N2O. The lowest BCUT2D eigenvalue weighted by atomic mass is 9.89. The third-order valence-corrected chi connectivity index (χ3v) is 9.03. The summed E-state index contributed by atoms with van der Waals surface area (Å²) in [6.45, 7) is 0. The second-order valence-corrected chi connectivity index (χ2v) is 11.8. The van der Waals surface area contributed by atoms with Gasteiger partial charge in [-0.1, -0.05) is 115 Å². The first-order chi connectivity index (χ1) is 22.7. The van der Waals surface area contributed by atoms with E-state index in [0.717, 1.165) is 55.7 Å². The number of benzene rings is 8. The van der Waals surface area contributed by atoms with E-state index >= 15 is 0 Å². The standard InChI is InChI=1S/C43H28N2O/c46-36-24-22-30(23-25-36)43-44-41-39(33-20-18-28-10-4-6-12-31(28)26-33)37-16-8-9-17-38(37)40(42(41)45(43)35-14-2-1-3-15-35)34-21-19-29-11-5-7-13-32(29)27-34/h1-27,46H. The molecule has 0 bridgehead atoms. The topological polar surface area (TPSA) is 38.1 Å². The number of imidazole rings is 1. The Kier molecular flexibility index (Phi) is 5.97. The van der Waals surface area contributed by atoms with Gasteiger partial charge in [-0.25, -0.2) is 4.98 Å². The predicted octanol–water partition coefficient (Wildman–Crippen LogP) is 11.2. The van der Waals surface area contributed by atoms with Crippen LogP contribution in [0, 0.1) is 0 Å². The molecule has 0 aliphatic heterocycles. The fourth-order valence-electron chi connectivity index (χ4n) is 6.91. The molecule has 9 rings (SSSR count). The van der Waals surface area contributed by atoms with Crippen LogP contribution in [0.4, 0.5) is 0 Å². The average Bonchev–Trinajstić information content (AvgIpc) is 3.50. The van der Waals surface area contributed by atoms with Gasteiger partial charge in [0.1, 0.15) is 11.6 Å². The lowest BCUT2D eigenvalue weighted by Gasteiger charge is -2.18. The van der Waals surface area contributed by atoms with Crippen LogP contribution in [0.15, 0.2) is 164 Å². The Morgan fingerprint density at radius 1 is 0.435 bits per heavy atom. The number of phenols is 1. The van der Waals surface area contributed by atoms with Crippen LogP contribution in [-0.2, 0) is 0 Å². The van der Waals surface area contributed by atoms with Gasteiger partial charge in [-0.3, -0.25) is 4.57 Å². The molecule has 0 amide bonds. The quantitative estimate of drug-likeness (QED) is 0.222. The van der Waals surface area contributed by atoms with Gasteiger partial charge in [-0.15, -0.1) is 0 Å². The Morgan fingerprint density at radius 3 is 1.57 bits per heavy atom. The molecule has 0 atom stereocenters. The first-order valence-corrected chi connectivity index (χ1v) is 15.5. The third kappa shape index (κ3) is 4.17. The molecule has 0 aliphatic carbocycles. The lowest BCUT2D eigenvalue weighted by molar-refractivity contribution is 0.475. The molecular weight excluding hydrogens is 560 g/mol. The zero-order valence-electron chi connectivity index (χ0n) is 24.9. The maximum absolute atomic E-state index is 10.2. The fourth-order valence-corrected chi connectivity index (χ4v) is 6.91. The molecule has 1 heterocycles. The van der Waals surface area contributed by atoms with Crippen molar-refractivity contribution in [3.05, 3.63) is 164 Å². The van der Waals surface area contributed by atoms with Crippen LogP contribution in [0.1, 0.15) is 0 Å². The van der Waals surface area contributed by atoms with E-state index < -0.39 is 0 Å². The molecule has 1 aromatic heterocycles. The molecule has 3 nitrogen and oxygen atoms in total. The number of aromatic nitrogens is 2. The first kappa shape index (κ1) is 26.2. The molecule has 0 saturated heterocycles. The van der Waals surface area contributed by atoms with Crippen LogP contribution in [0.25, 0.3) is 82.7 Å². The molecule has 1 N–H and O–H groups in total. The SMILES string of the molecule is Oc1ccc(-c2nc3c(-c4ccc5ccccc5c4)c4ccccc4c(-c4ccc5ccccc5c4)c3n2-c2ccccc2)cc1. The van der Waals surface area contributed by atoms with E-state index in [0.29, 0.717) is 0 Å². The van der Waals surface area contributed by atoms with Crippen LogP contribution < -0.4 is 0 Å². The number of aromatic hydroxyl groups is 1. The van der Waals surface area contributed by atoms with Crippen LogP contribution in [0.5, 0.6) is 5.75 Å². The highest BCUT2D eigenvalue weighted by atomic mass is 16.3. The molecule has 8 aromatic carbocycles. The van der Waals surface area contributed by atoms with Gasteiger partial charge in [-0.05, 0) is 92.0 Å². The van der Waals surface area contributed by atoms with Crippen molar-refractivity contribution in [1.29, 1.82) is 0 Å². The summed E-state index contributed by atoms with van der Waals surface area (Å²) in [5, 5.41) is 17.3. The summed E-state index contributed by atoms with van der Waals surface area (Å²) >= 11 is 0. The monoisotopic (exact) mass is 588 g/mol. The second kappa shape index (κ2) is 10.5. The molecule has 0 spiro atoms. The normalized spacial score (nSPS) is 11.6. The maximum Gasteiger partial charge on any atom is 0.145 e. The lowest BCUT2D eigenvalue weighted by Crippen LogP contribution is -1.99. The molecule has 0 radical (unpaired) electrons. The minimum absolute atomic E-state index is 0.227. The molecule has 0 aliphatic rings. The Labute approximate surface area is 266 Å². The van der Waals surface area contributed by atoms with Gasteiger partial charge in [0, 0.05) is 22.4 Å². The Morgan fingerprint density at radius 2 is 0.935 bits per heavy atom. The van der Waals surface area contributed by atoms with E-state index in [1.54, 1.807) is 12.1 Å². The largest absolute Gasteiger partial charge is 0.508 e. The number of nitrogens with zero attached hydrogens (tertiary/aromatic N) is 2. The zero-order chi connectivity index (χ0) is 30.6. The van der Waals surface area contributed by atoms with Crippen molar-refractivity contribution in [1.82, 2.24) is 9.55 Å². The molecule has 216 valence electrons. The average molecular weight is 589 g/mol. The Hall–Kier alpha value is -6.19. The van der Waals surface area contributed by atoms with E-state index in [1.807, 2.05) is 18.2 Å². The minimum atomic E-state index is 0.227. The first-order valence-electron chi connectivity index (χ1n) is 15.5. The molecule has 0 fully saturated rings. The van der Waals surface area contributed by atoms with Crippen molar-refractivity contribution in [3.63, 3.8) is 0 Å². The summed E-state index contributed by atoms with van der Waals surface area (Å²) in [5.41, 5.74) is 8.44. The predicted molar refractivity (Wildman–Crippen MR) is 192 cm³/mol. The van der Waals surface area contributed by atoms with Gasteiger partial charge in [-0.2, -0.15) is 0 Å². The summed E-state index contributed by atoms with van der Waals surface area (Å²) in [7, 11) is 0. The van der Waals surface area contributed by atoms with E-state index in [9.17, 15) is 5.11 Å². The van der Waals surface area contributed by atoms with Crippen molar-refractivity contribution in [3.8, 4) is 45.1 Å². The number of hydrogen-bond acceptors (Lipinski definition) is 2. The highest BCUT2D eigenvalue weighted by Gasteiger charge is 2.25. The molecule has 0 unspecified atom stereocenters. The van der Waals surface area contributed by atoms with Gasteiger partial charge >= 0.3 is 0 Å². The van der Waals surface area contributed by atoms with Crippen LogP contribution >= 0.6 is 0 Å². The molecule has 9 aromatic rings. The molecule has 0 saturated carbocycles. The van der Waals surface area contributed by atoms with E-state index in [-0.39, 0.29) is 5.75 Å². The summed E-state index contributed by atoms with van der Waals surface area (Å²) in [4.78, 5) is 5.53. The smallest absolute Gasteiger partial charge is 0.145 e. The van der Waals surface area contributed by atoms with Gasteiger partial charge in [0.05, 0.1) is 11.0 Å². The Bertz CT molecular complexity index is 2580. The van der Waals surface area contributed by atoms with Gasteiger partial charge < -0.3 is 5.11 Å². The van der Waals surface area contributed by atoms with E-state index in [2.05, 4.69) is 138 Å². The number of hydrogen-bond donors (Lipinski definition) is 1. The summed E-state index contributed by atoms with van der Waals surface area (Å²) in [5.74, 6) is 1.05. The molecule has 46 heavy (non-hydrogen) atoms. The number of para-hydroxylation sites is 1. The van der Waals surface area contributed by atoms with Gasteiger partial charge in [0.25, 0.3) is 0 Å². The van der Waals surface area contributed by atoms with Gasteiger partial charge in [0.15, 0.2) is 0 Å². The Balaban J connectivity index is 1.50. The molecule has 3 heteroatoms. The second-order valence-electron chi connectivity index (χ2n) is 11.8. The van der Waals surface area contributed by atoms with E-state index in [4.69, 9.17) is 4.98 Å². The fraction of sp³-hybridized carbons (Fsp3) is 0. The van der Waals surface area contributed by atoms with Crippen molar-refractivity contribution in [2.45, 2.75) is 0 Å². The number of rotatable bonds is 4. The van der Waals surface area contributed by atoms with E-state index in [1.165, 1.54) is 26.9 Å². The van der Waals surface area contributed by atoms with Gasteiger partial charge in [0.2, 0.25) is 0 Å². The maximum atomic E-state index is 10.2. The minimum Gasteiger partial charge on any atom is -0.508 e. The highest BCUT2D eigenvalue weighted by molar-refractivity contribution is 6.21.